The first kappa shape index (κ1) is 27.7. The molecule has 0 radical (unpaired) electrons. The Labute approximate surface area is 238 Å². The number of aromatic nitrogens is 1. The Morgan fingerprint density at radius 2 is 1.85 bits per heavy atom. The second-order valence-electron chi connectivity index (χ2n) is 10.1. The van der Waals surface area contributed by atoms with Crippen LogP contribution >= 0.6 is 11.3 Å². The molecule has 1 amide bonds. The van der Waals surface area contributed by atoms with E-state index in [9.17, 15) is 9.59 Å². The van der Waals surface area contributed by atoms with Crippen molar-refractivity contribution in [1.29, 1.82) is 0 Å². The molecular formula is C31H35N3O5S. The van der Waals surface area contributed by atoms with E-state index in [1.165, 1.54) is 24.8 Å². The molecule has 2 N–H and O–H groups in total. The monoisotopic (exact) mass is 561 g/mol. The number of hydrogen-bond donors (Lipinski definition) is 2. The lowest BCUT2D eigenvalue weighted by Gasteiger charge is -2.24. The summed E-state index contributed by atoms with van der Waals surface area (Å²) >= 11 is 1.63. The summed E-state index contributed by atoms with van der Waals surface area (Å²) in [5, 5.41) is 14.5. The van der Waals surface area contributed by atoms with Crippen molar-refractivity contribution < 1.29 is 24.2 Å². The molecule has 1 aliphatic heterocycles. The number of carboxylic acid groups (broad SMARTS) is 1. The van der Waals surface area contributed by atoms with Gasteiger partial charge in [-0.3, -0.25) is 9.59 Å². The highest BCUT2D eigenvalue weighted by Gasteiger charge is 2.17. The van der Waals surface area contributed by atoms with E-state index in [1.807, 2.05) is 30.3 Å². The number of anilines is 1. The molecule has 0 unspecified atom stereocenters. The number of carbonyl (C=O) groups excluding carboxylic acids is 1. The van der Waals surface area contributed by atoms with Crippen LogP contribution in [0.3, 0.4) is 0 Å². The minimum absolute atomic E-state index is 0.0999. The molecule has 2 heterocycles. The average Bonchev–Trinajstić information content (AvgIpc) is 3.34. The maximum atomic E-state index is 12.4. The van der Waals surface area contributed by atoms with Crippen LogP contribution in [-0.2, 0) is 11.3 Å². The van der Waals surface area contributed by atoms with Gasteiger partial charge in [0.1, 0.15) is 0 Å². The molecule has 2 aliphatic rings. The fraction of sp³-hybridized carbons (Fsp3) is 0.387. The normalized spacial score (nSPS) is 14.7. The van der Waals surface area contributed by atoms with E-state index in [2.05, 4.69) is 21.7 Å². The summed E-state index contributed by atoms with van der Waals surface area (Å²) in [6, 6.07) is 13.5. The van der Waals surface area contributed by atoms with Gasteiger partial charge < -0.3 is 24.8 Å². The molecule has 5 rings (SSSR count). The third-order valence-electron chi connectivity index (χ3n) is 7.11. The molecule has 0 saturated carbocycles. The number of carbonyl (C=O) groups is 2. The van der Waals surface area contributed by atoms with Crippen LogP contribution in [0, 0.1) is 0 Å². The van der Waals surface area contributed by atoms with Crippen molar-refractivity contribution >= 4 is 28.3 Å². The lowest BCUT2D eigenvalue weighted by atomic mass is 9.97. The van der Waals surface area contributed by atoms with Gasteiger partial charge in [-0.25, -0.2) is 4.98 Å². The second kappa shape index (κ2) is 13.5. The fourth-order valence-corrected chi connectivity index (χ4v) is 5.75. The Bertz CT molecular complexity index is 1350. The topological polar surface area (TPSA) is 101 Å². The molecule has 0 saturated heterocycles. The molecule has 8 nitrogen and oxygen atoms in total. The Morgan fingerprint density at radius 1 is 1.02 bits per heavy atom. The summed E-state index contributed by atoms with van der Waals surface area (Å²) in [4.78, 5) is 30.4. The molecular weight excluding hydrogens is 526 g/mol. The summed E-state index contributed by atoms with van der Waals surface area (Å²) in [6.45, 7) is 2.94. The van der Waals surface area contributed by atoms with Crippen molar-refractivity contribution in [3.05, 3.63) is 70.6 Å². The molecule has 3 aromatic rings. The number of hydrogen-bond acceptors (Lipinski definition) is 7. The predicted molar refractivity (Wildman–Crippen MR) is 156 cm³/mol. The Hall–Kier alpha value is -3.85. The van der Waals surface area contributed by atoms with Crippen molar-refractivity contribution in [3.63, 3.8) is 0 Å². The number of allylic oxidation sites excluding steroid dienone is 1. The highest BCUT2D eigenvalue weighted by Crippen LogP contribution is 2.36. The van der Waals surface area contributed by atoms with Gasteiger partial charge in [-0.2, -0.15) is 0 Å². The number of ether oxygens (including phenoxy) is 2. The Balaban J connectivity index is 1.31. The SMILES string of the molecule is O=C(O)CCNC(=O)c1ccc(CN(CCC2=CCCCC2)c2nc(-c3ccc4c(c3)OCCCO4)cs2)cc1. The van der Waals surface area contributed by atoms with Gasteiger partial charge in [0.2, 0.25) is 0 Å². The third kappa shape index (κ3) is 7.41. The highest BCUT2D eigenvalue weighted by molar-refractivity contribution is 7.14. The van der Waals surface area contributed by atoms with Gasteiger partial charge in [0.05, 0.1) is 25.3 Å². The van der Waals surface area contributed by atoms with E-state index in [0.29, 0.717) is 25.3 Å². The number of nitrogens with zero attached hydrogens (tertiary/aromatic N) is 2. The van der Waals surface area contributed by atoms with Gasteiger partial charge in [0.25, 0.3) is 5.91 Å². The number of rotatable bonds is 11. The first-order valence-electron chi connectivity index (χ1n) is 13.9. The molecule has 210 valence electrons. The van der Waals surface area contributed by atoms with E-state index < -0.39 is 5.97 Å². The van der Waals surface area contributed by atoms with Gasteiger partial charge in [0.15, 0.2) is 16.6 Å². The molecule has 0 fully saturated rings. The van der Waals surface area contributed by atoms with Gasteiger partial charge in [-0.05, 0) is 68.0 Å². The van der Waals surface area contributed by atoms with E-state index in [0.717, 1.165) is 59.3 Å². The van der Waals surface area contributed by atoms with Gasteiger partial charge in [-0.15, -0.1) is 11.3 Å². The smallest absolute Gasteiger partial charge is 0.305 e. The van der Waals surface area contributed by atoms with E-state index in [4.69, 9.17) is 19.6 Å². The van der Waals surface area contributed by atoms with E-state index in [-0.39, 0.29) is 18.9 Å². The number of amides is 1. The molecule has 40 heavy (non-hydrogen) atoms. The van der Waals surface area contributed by atoms with Crippen LogP contribution in [0.25, 0.3) is 11.3 Å². The van der Waals surface area contributed by atoms with Gasteiger partial charge in [-0.1, -0.05) is 23.8 Å². The lowest BCUT2D eigenvalue weighted by Crippen LogP contribution is -2.26. The summed E-state index contributed by atoms with van der Waals surface area (Å²) in [7, 11) is 0. The molecule has 1 aliphatic carbocycles. The Morgan fingerprint density at radius 3 is 2.62 bits per heavy atom. The Kier molecular flexibility index (Phi) is 9.34. The zero-order valence-electron chi connectivity index (χ0n) is 22.6. The van der Waals surface area contributed by atoms with Crippen LogP contribution in [-0.4, -0.2) is 48.3 Å². The van der Waals surface area contributed by atoms with Crippen molar-refractivity contribution in [2.75, 3.05) is 31.2 Å². The number of thiazole rings is 1. The maximum absolute atomic E-state index is 12.4. The van der Waals surface area contributed by atoms with Crippen molar-refractivity contribution in [2.45, 2.75) is 51.5 Å². The van der Waals surface area contributed by atoms with Gasteiger partial charge >= 0.3 is 5.97 Å². The zero-order chi connectivity index (χ0) is 27.7. The summed E-state index contributed by atoms with van der Waals surface area (Å²) in [6.07, 6.45) is 9.02. The predicted octanol–water partition coefficient (Wildman–Crippen LogP) is 6.07. The molecule has 0 bridgehead atoms. The third-order valence-corrected chi connectivity index (χ3v) is 8.01. The second-order valence-corrected chi connectivity index (χ2v) is 10.9. The first-order valence-corrected chi connectivity index (χ1v) is 14.8. The number of aliphatic carboxylic acids is 1. The van der Waals surface area contributed by atoms with Crippen molar-refractivity contribution in [2.24, 2.45) is 0 Å². The molecule has 0 spiro atoms. The largest absolute Gasteiger partial charge is 0.490 e. The summed E-state index contributed by atoms with van der Waals surface area (Å²) in [5.41, 5.74) is 5.02. The van der Waals surface area contributed by atoms with Crippen molar-refractivity contribution in [1.82, 2.24) is 10.3 Å². The standard InChI is InChI=1S/C31H35N3O5S/c35-29(36)13-15-32-30(37)24-9-7-23(8-10-24)20-34(16-14-22-5-2-1-3-6-22)31-33-26(21-40-31)25-11-12-27-28(19-25)39-18-4-17-38-27/h5,7-12,19,21H,1-4,6,13-18,20H2,(H,32,37)(H,35,36). The molecule has 2 aromatic carbocycles. The quantitative estimate of drug-likeness (QED) is 0.274. The first-order chi connectivity index (χ1) is 19.5. The van der Waals surface area contributed by atoms with Crippen LogP contribution in [0.4, 0.5) is 5.13 Å². The summed E-state index contributed by atoms with van der Waals surface area (Å²) < 4.78 is 11.7. The number of benzene rings is 2. The maximum Gasteiger partial charge on any atom is 0.305 e. The minimum atomic E-state index is -0.936. The lowest BCUT2D eigenvalue weighted by molar-refractivity contribution is -0.136. The molecule has 0 atom stereocenters. The minimum Gasteiger partial charge on any atom is -0.490 e. The molecule has 1 aromatic heterocycles. The summed E-state index contributed by atoms with van der Waals surface area (Å²) in [5.74, 6) is 0.332. The van der Waals surface area contributed by atoms with Crippen LogP contribution in [0.2, 0.25) is 0 Å². The highest BCUT2D eigenvalue weighted by atomic mass is 32.1. The van der Waals surface area contributed by atoms with Crippen LogP contribution in [0.1, 0.15) is 60.9 Å². The van der Waals surface area contributed by atoms with Crippen LogP contribution in [0.5, 0.6) is 11.5 Å². The number of carboxylic acids is 1. The number of fused-ring (bicyclic) bond motifs is 1. The van der Waals surface area contributed by atoms with Gasteiger partial charge in [0, 0.05) is 42.6 Å². The fourth-order valence-electron chi connectivity index (χ4n) is 4.88. The number of nitrogens with one attached hydrogen (secondary N) is 1. The van der Waals surface area contributed by atoms with Crippen LogP contribution in [0.15, 0.2) is 59.5 Å². The van der Waals surface area contributed by atoms with E-state index >= 15 is 0 Å². The van der Waals surface area contributed by atoms with E-state index in [1.54, 1.807) is 23.5 Å². The average molecular weight is 562 g/mol. The van der Waals surface area contributed by atoms with Crippen molar-refractivity contribution in [3.8, 4) is 22.8 Å². The van der Waals surface area contributed by atoms with Crippen LogP contribution < -0.4 is 19.7 Å². The molecule has 9 heteroatoms. The zero-order valence-corrected chi connectivity index (χ0v) is 23.4.